The first kappa shape index (κ1) is 64.4. The zero-order valence-electron chi connectivity index (χ0n) is 44.7. The Balaban J connectivity index is 4.07. The van der Waals surface area contributed by atoms with Gasteiger partial charge in [-0.15, -0.1) is 0 Å². The minimum atomic E-state index is -0.781. The maximum atomic E-state index is 12.8. The fourth-order valence-electron chi connectivity index (χ4n) is 8.49. The van der Waals surface area contributed by atoms with Crippen LogP contribution in [-0.2, 0) is 28.6 Å². The molecule has 0 rings (SSSR count). The molecule has 0 bridgehead atoms. The summed E-state index contributed by atoms with van der Waals surface area (Å²) < 4.78 is 16.7. The zero-order valence-corrected chi connectivity index (χ0v) is 44.7. The Labute approximate surface area is 416 Å². The van der Waals surface area contributed by atoms with Crippen molar-refractivity contribution in [3.63, 3.8) is 0 Å². The van der Waals surface area contributed by atoms with Crippen LogP contribution in [0.1, 0.15) is 303 Å². The minimum absolute atomic E-state index is 0.0801. The van der Waals surface area contributed by atoms with Crippen molar-refractivity contribution in [2.24, 2.45) is 0 Å². The number of unbranched alkanes of at least 4 members (excludes halogenated alkanes) is 34. The lowest BCUT2D eigenvalue weighted by molar-refractivity contribution is -0.167. The molecule has 0 aliphatic carbocycles. The van der Waals surface area contributed by atoms with Gasteiger partial charge in [0, 0.05) is 19.3 Å². The maximum absolute atomic E-state index is 12.8. The van der Waals surface area contributed by atoms with E-state index < -0.39 is 6.10 Å². The van der Waals surface area contributed by atoms with Crippen molar-refractivity contribution < 1.29 is 28.6 Å². The summed E-state index contributed by atoms with van der Waals surface area (Å²) in [5.41, 5.74) is 0. The van der Waals surface area contributed by atoms with Crippen molar-refractivity contribution in [2.75, 3.05) is 13.2 Å². The molecule has 390 valence electrons. The third-order valence-electron chi connectivity index (χ3n) is 12.8. The highest BCUT2D eigenvalue weighted by Gasteiger charge is 2.19. The Morgan fingerprint density at radius 1 is 0.313 bits per heavy atom. The van der Waals surface area contributed by atoms with Crippen molar-refractivity contribution in [2.45, 2.75) is 309 Å². The van der Waals surface area contributed by atoms with Gasteiger partial charge in [-0.25, -0.2) is 0 Å². The van der Waals surface area contributed by atoms with Gasteiger partial charge in [0.1, 0.15) is 13.2 Å². The van der Waals surface area contributed by atoms with E-state index in [4.69, 9.17) is 14.2 Å². The number of hydrogen-bond acceptors (Lipinski definition) is 6. The summed E-state index contributed by atoms with van der Waals surface area (Å²) in [5, 5.41) is 0. The third kappa shape index (κ3) is 54.2. The lowest BCUT2D eigenvalue weighted by atomic mass is 10.0. The first-order valence-electron chi connectivity index (χ1n) is 29.1. The van der Waals surface area contributed by atoms with Crippen molar-refractivity contribution in [3.05, 3.63) is 48.6 Å². The van der Waals surface area contributed by atoms with E-state index in [1.165, 1.54) is 167 Å². The number of carbonyl (C=O) groups is 3. The quantitative estimate of drug-likeness (QED) is 0.0262. The van der Waals surface area contributed by atoms with Crippen LogP contribution in [0.4, 0.5) is 0 Å². The summed E-state index contributed by atoms with van der Waals surface area (Å²) in [7, 11) is 0. The van der Waals surface area contributed by atoms with Gasteiger partial charge in [-0.1, -0.05) is 275 Å². The Hall–Kier alpha value is -2.63. The normalized spacial score (nSPS) is 12.3. The fraction of sp³-hybridized carbons (Fsp3) is 0.820. The van der Waals surface area contributed by atoms with Crippen LogP contribution < -0.4 is 0 Å². The predicted molar refractivity (Wildman–Crippen MR) is 289 cm³/mol. The molecule has 0 fully saturated rings. The predicted octanol–water partition coefficient (Wildman–Crippen LogP) is 19.4. The highest BCUT2D eigenvalue weighted by molar-refractivity contribution is 5.71. The number of ether oxygens (including phenoxy) is 3. The Bertz CT molecular complexity index is 1170. The van der Waals surface area contributed by atoms with Gasteiger partial charge in [-0.05, 0) is 57.8 Å². The van der Waals surface area contributed by atoms with E-state index in [9.17, 15) is 14.4 Å². The van der Waals surface area contributed by atoms with Gasteiger partial charge in [0.25, 0.3) is 0 Å². The van der Waals surface area contributed by atoms with E-state index >= 15 is 0 Å². The molecule has 1 atom stereocenters. The molecule has 0 aromatic heterocycles. The van der Waals surface area contributed by atoms with Gasteiger partial charge in [-0.2, -0.15) is 0 Å². The van der Waals surface area contributed by atoms with Gasteiger partial charge >= 0.3 is 17.9 Å². The molecule has 0 saturated carbocycles. The SMILES string of the molecule is CC/C=C\C/C=C\C/C=C\C/C=C\CCCCCCC(=O)OC(COC(=O)CCCCCCCC)COC(=O)CCCCCCCCCCCCCCCCCCCCCCCCCCCC. The highest BCUT2D eigenvalue weighted by Crippen LogP contribution is 2.17. The topological polar surface area (TPSA) is 78.9 Å². The van der Waals surface area contributed by atoms with Crippen LogP contribution in [-0.4, -0.2) is 37.2 Å². The molecule has 6 nitrogen and oxygen atoms in total. The molecule has 0 aromatic rings. The number of allylic oxidation sites excluding steroid dienone is 8. The van der Waals surface area contributed by atoms with Crippen LogP contribution >= 0.6 is 0 Å². The van der Waals surface area contributed by atoms with Crippen LogP contribution in [0.2, 0.25) is 0 Å². The average Bonchev–Trinajstić information content (AvgIpc) is 3.33. The summed E-state index contributed by atoms with van der Waals surface area (Å²) >= 11 is 0. The van der Waals surface area contributed by atoms with E-state index in [1.807, 2.05) is 0 Å². The molecule has 0 spiro atoms. The molecule has 1 unspecified atom stereocenters. The molecular weight excluding hydrogens is 829 g/mol. The molecular formula is C61H110O6. The van der Waals surface area contributed by atoms with Crippen molar-refractivity contribution in [3.8, 4) is 0 Å². The Kier molecular flexibility index (Phi) is 53.8. The van der Waals surface area contributed by atoms with Gasteiger partial charge in [0.05, 0.1) is 0 Å². The number of carbonyl (C=O) groups excluding carboxylic acids is 3. The highest BCUT2D eigenvalue weighted by atomic mass is 16.6. The first-order chi connectivity index (χ1) is 33.0. The van der Waals surface area contributed by atoms with Gasteiger partial charge in [0.15, 0.2) is 6.10 Å². The molecule has 67 heavy (non-hydrogen) atoms. The summed E-state index contributed by atoms with van der Waals surface area (Å²) in [6.07, 6.45) is 68.7. The second-order valence-corrected chi connectivity index (χ2v) is 19.5. The van der Waals surface area contributed by atoms with Crippen LogP contribution in [0, 0.1) is 0 Å². The van der Waals surface area contributed by atoms with E-state index in [0.29, 0.717) is 19.3 Å². The van der Waals surface area contributed by atoms with Crippen molar-refractivity contribution >= 4 is 17.9 Å². The standard InChI is InChI=1S/C61H110O6/c1-4-7-10-13-16-18-20-22-24-26-27-28-29-30-31-32-33-34-36-37-39-41-43-45-48-51-54-60(63)66-57-58(56-65-59(62)53-50-47-15-12-9-6-3)67-61(64)55-52-49-46-44-42-40-38-35-25-23-21-19-17-14-11-8-5-2/h8,11,17,19,23,25,38,40,58H,4-7,9-10,12-16,18,20-22,24,26-37,39,41-57H2,1-3H3/b11-8-,19-17-,25-23-,40-38-. The van der Waals surface area contributed by atoms with E-state index in [0.717, 1.165) is 96.3 Å². The molecule has 0 aliphatic heterocycles. The average molecular weight is 940 g/mol. The molecule has 0 amide bonds. The second-order valence-electron chi connectivity index (χ2n) is 19.5. The molecule has 0 saturated heterocycles. The van der Waals surface area contributed by atoms with Crippen molar-refractivity contribution in [1.29, 1.82) is 0 Å². The minimum Gasteiger partial charge on any atom is -0.462 e. The zero-order chi connectivity index (χ0) is 48.6. The molecule has 0 aromatic carbocycles. The molecule has 0 radical (unpaired) electrons. The van der Waals surface area contributed by atoms with Gasteiger partial charge in [-0.3, -0.25) is 14.4 Å². The number of rotatable bonds is 53. The van der Waals surface area contributed by atoms with E-state index in [1.54, 1.807) is 0 Å². The summed E-state index contributed by atoms with van der Waals surface area (Å²) in [6.45, 7) is 6.48. The third-order valence-corrected chi connectivity index (χ3v) is 12.8. The maximum Gasteiger partial charge on any atom is 0.306 e. The Morgan fingerprint density at radius 3 is 0.910 bits per heavy atom. The Morgan fingerprint density at radius 2 is 0.582 bits per heavy atom. The van der Waals surface area contributed by atoms with Crippen molar-refractivity contribution in [1.82, 2.24) is 0 Å². The summed E-state index contributed by atoms with van der Waals surface area (Å²) in [5.74, 6) is -0.902. The van der Waals surface area contributed by atoms with E-state index in [2.05, 4.69) is 69.4 Å². The van der Waals surface area contributed by atoms with Gasteiger partial charge < -0.3 is 14.2 Å². The summed E-state index contributed by atoms with van der Waals surface area (Å²) in [4.78, 5) is 37.8. The molecule has 0 N–H and O–H groups in total. The summed E-state index contributed by atoms with van der Waals surface area (Å²) in [6, 6.07) is 0. The molecule has 0 heterocycles. The molecule has 6 heteroatoms. The number of hydrogen-bond donors (Lipinski definition) is 0. The lowest BCUT2D eigenvalue weighted by Crippen LogP contribution is -2.30. The second kappa shape index (κ2) is 56.0. The fourth-order valence-corrected chi connectivity index (χ4v) is 8.49. The lowest BCUT2D eigenvalue weighted by Gasteiger charge is -2.18. The van der Waals surface area contributed by atoms with Crippen LogP contribution in [0.3, 0.4) is 0 Å². The van der Waals surface area contributed by atoms with Gasteiger partial charge in [0.2, 0.25) is 0 Å². The molecule has 0 aliphatic rings. The van der Waals surface area contributed by atoms with Crippen LogP contribution in [0.25, 0.3) is 0 Å². The first-order valence-corrected chi connectivity index (χ1v) is 29.1. The smallest absolute Gasteiger partial charge is 0.306 e. The van der Waals surface area contributed by atoms with E-state index in [-0.39, 0.29) is 31.1 Å². The monoisotopic (exact) mass is 939 g/mol. The van der Waals surface area contributed by atoms with Crippen LogP contribution in [0.5, 0.6) is 0 Å². The number of esters is 3. The van der Waals surface area contributed by atoms with Crippen LogP contribution in [0.15, 0.2) is 48.6 Å². The largest absolute Gasteiger partial charge is 0.462 e.